The summed E-state index contributed by atoms with van der Waals surface area (Å²) in [7, 11) is 3.79. The Morgan fingerprint density at radius 3 is 2.63 bits per heavy atom. The zero-order valence-electron chi connectivity index (χ0n) is 17.4. The Kier molecular flexibility index (Phi) is 5.67. The molecule has 0 unspecified atom stereocenters. The molecule has 4 rings (SSSR count). The molecule has 0 saturated carbocycles. The van der Waals surface area contributed by atoms with Gasteiger partial charge in [-0.2, -0.15) is 0 Å². The van der Waals surface area contributed by atoms with E-state index in [4.69, 9.17) is 9.40 Å². The van der Waals surface area contributed by atoms with Crippen LogP contribution in [0.1, 0.15) is 17.8 Å². The summed E-state index contributed by atoms with van der Waals surface area (Å²) in [4.78, 5) is 25.2. The van der Waals surface area contributed by atoms with E-state index in [1.165, 1.54) is 0 Å². The third-order valence-electron chi connectivity index (χ3n) is 4.95. The van der Waals surface area contributed by atoms with Crippen LogP contribution in [0, 0.1) is 6.92 Å². The highest BCUT2D eigenvalue weighted by atomic mass is 16.4. The zero-order valence-corrected chi connectivity index (χ0v) is 17.4. The molecule has 1 aliphatic rings. The average molecular weight is 404 g/mol. The van der Waals surface area contributed by atoms with E-state index in [9.17, 15) is 4.79 Å². The fourth-order valence-electron chi connectivity index (χ4n) is 3.32. The minimum atomic E-state index is 0.130. The average Bonchev–Trinajstić information content (AvgIpc) is 3.24. The zero-order chi connectivity index (χ0) is 21.1. The molecule has 8 nitrogen and oxygen atoms in total. The quantitative estimate of drug-likeness (QED) is 0.646. The second-order valence-electron chi connectivity index (χ2n) is 7.52. The van der Waals surface area contributed by atoms with E-state index in [0.717, 1.165) is 28.9 Å². The minimum absolute atomic E-state index is 0.130. The van der Waals surface area contributed by atoms with Crippen molar-refractivity contribution in [1.29, 1.82) is 0 Å². The first kappa shape index (κ1) is 19.9. The summed E-state index contributed by atoms with van der Waals surface area (Å²) < 4.78 is 5.86. The Morgan fingerprint density at radius 2 is 1.93 bits per heavy atom. The van der Waals surface area contributed by atoms with Crippen LogP contribution in [-0.4, -0.2) is 69.6 Å². The third kappa shape index (κ3) is 4.28. The van der Waals surface area contributed by atoms with E-state index in [1.54, 1.807) is 6.20 Å². The molecule has 0 spiro atoms. The molecule has 8 heteroatoms. The van der Waals surface area contributed by atoms with Crippen LogP contribution < -0.4 is 0 Å². The lowest BCUT2D eigenvalue weighted by atomic mass is 10.0. The van der Waals surface area contributed by atoms with Gasteiger partial charge in [-0.15, -0.1) is 10.2 Å². The van der Waals surface area contributed by atoms with Gasteiger partial charge in [0, 0.05) is 18.7 Å². The van der Waals surface area contributed by atoms with Crippen molar-refractivity contribution in [2.45, 2.75) is 13.3 Å². The van der Waals surface area contributed by atoms with Gasteiger partial charge in [0.1, 0.15) is 5.69 Å². The Bertz CT molecular complexity index is 1070. The first-order valence-electron chi connectivity index (χ1n) is 9.86. The predicted molar refractivity (Wildman–Crippen MR) is 113 cm³/mol. The standard InChI is InChI=1S/C22H24N6O2/c1-15-20(22-26-25-21(30-22)17-7-5-4-6-8-17)24-18(13-23-15)16-9-11-28(12-10-16)19(29)14-27(2)3/h4-9,13H,10-12,14H2,1-3H3. The highest BCUT2D eigenvalue weighted by molar-refractivity contribution is 5.79. The van der Waals surface area contributed by atoms with Crippen LogP contribution in [0.5, 0.6) is 0 Å². The van der Waals surface area contributed by atoms with Crippen molar-refractivity contribution in [1.82, 2.24) is 30.0 Å². The fraction of sp³-hybridized carbons (Fsp3) is 0.318. The Labute approximate surface area is 175 Å². The molecule has 0 bridgehead atoms. The van der Waals surface area contributed by atoms with Gasteiger partial charge in [-0.25, -0.2) is 4.98 Å². The summed E-state index contributed by atoms with van der Waals surface area (Å²) in [6.07, 6.45) is 4.54. The van der Waals surface area contributed by atoms with Gasteiger partial charge < -0.3 is 14.2 Å². The van der Waals surface area contributed by atoms with Crippen molar-refractivity contribution >= 4 is 11.5 Å². The number of hydrogen-bond donors (Lipinski definition) is 0. The number of aromatic nitrogens is 4. The molecule has 0 atom stereocenters. The number of rotatable bonds is 5. The van der Waals surface area contributed by atoms with Crippen LogP contribution in [0.4, 0.5) is 0 Å². The smallest absolute Gasteiger partial charge is 0.268 e. The molecule has 1 aromatic carbocycles. The van der Waals surface area contributed by atoms with Gasteiger partial charge in [0.15, 0.2) is 0 Å². The lowest BCUT2D eigenvalue weighted by molar-refractivity contribution is -0.131. The number of amides is 1. The molecule has 154 valence electrons. The molecule has 30 heavy (non-hydrogen) atoms. The maximum absolute atomic E-state index is 12.3. The molecule has 1 aliphatic heterocycles. The Balaban J connectivity index is 1.55. The summed E-state index contributed by atoms with van der Waals surface area (Å²) in [5.74, 6) is 0.925. The van der Waals surface area contributed by atoms with Gasteiger partial charge in [0.2, 0.25) is 11.8 Å². The van der Waals surface area contributed by atoms with E-state index < -0.39 is 0 Å². The molecular weight excluding hydrogens is 380 g/mol. The normalized spacial score (nSPS) is 14.1. The molecule has 0 fully saturated rings. The van der Waals surface area contributed by atoms with Crippen molar-refractivity contribution in [2.75, 3.05) is 33.7 Å². The second kappa shape index (κ2) is 8.54. The third-order valence-corrected chi connectivity index (χ3v) is 4.95. The van der Waals surface area contributed by atoms with Gasteiger partial charge in [0.05, 0.1) is 24.1 Å². The summed E-state index contributed by atoms with van der Waals surface area (Å²) in [6, 6.07) is 9.62. The topological polar surface area (TPSA) is 88.3 Å². The molecule has 0 aliphatic carbocycles. The van der Waals surface area contributed by atoms with E-state index in [-0.39, 0.29) is 5.91 Å². The number of hydrogen-bond acceptors (Lipinski definition) is 7. The van der Waals surface area contributed by atoms with Crippen molar-refractivity contribution in [3.63, 3.8) is 0 Å². The van der Waals surface area contributed by atoms with Crippen LogP contribution in [-0.2, 0) is 4.79 Å². The van der Waals surface area contributed by atoms with Crippen LogP contribution in [0.25, 0.3) is 28.6 Å². The largest absolute Gasteiger partial charge is 0.415 e. The van der Waals surface area contributed by atoms with E-state index in [1.807, 2.05) is 67.2 Å². The molecular formula is C22H24N6O2. The summed E-state index contributed by atoms with van der Waals surface area (Å²) >= 11 is 0. The number of likely N-dealkylation sites (N-methyl/N-ethyl adjacent to an activating group) is 1. The van der Waals surface area contributed by atoms with Crippen molar-refractivity contribution < 1.29 is 9.21 Å². The highest BCUT2D eigenvalue weighted by Crippen LogP contribution is 2.27. The van der Waals surface area contributed by atoms with Gasteiger partial charge >= 0.3 is 0 Å². The number of carbonyl (C=O) groups is 1. The Morgan fingerprint density at radius 1 is 1.17 bits per heavy atom. The molecule has 2 aromatic heterocycles. The van der Waals surface area contributed by atoms with Crippen molar-refractivity contribution in [3.8, 4) is 23.0 Å². The maximum atomic E-state index is 12.3. The number of carbonyl (C=O) groups excluding carboxylic acids is 1. The first-order valence-corrected chi connectivity index (χ1v) is 9.86. The van der Waals surface area contributed by atoms with E-state index >= 15 is 0 Å². The lowest BCUT2D eigenvalue weighted by Gasteiger charge is -2.27. The summed E-state index contributed by atoms with van der Waals surface area (Å²) in [5, 5.41) is 8.33. The molecule has 0 radical (unpaired) electrons. The molecule has 0 saturated heterocycles. The number of benzene rings is 1. The Hall–Kier alpha value is -3.39. The molecule has 1 amide bonds. The van der Waals surface area contributed by atoms with Gasteiger partial charge in [0.25, 0.3) is 5.89 Å². The number of aryl methyl sites for hydroxylation is 1. The predicted octanol–water partition coefficient (Wildman–Crippen LogP) is 2.68. The summed E-state index contributed by atoms with van der Waals surface area (Å²) in [6.45, 7) is 3.53. The van der Waals surface area contributed by atoms with E-state index in [2.05, 4.69) is 15.2 Å². The molecule has 3 heterocycles. The van der Waals surface area contributed by atoms with Gasteiger partial charge in [-0.05, 0) is 45.1 Å². The van der Waals surface area contributed by atoms with Gasteiger partial charge in [-0.3, -0.25) is 9.78 Å². The van der Waals surface area contributed by atoms with Crippen LogP contribution in [0.3, 0.4) is 0 Å². The monoisotopic (exact) mass is 404 g/mol. The minimum Gasteiger partial charge on any atom is -0.415 e. The second-order valence-corrected chi connectivity index (χ2v) is 7.52. The van der Waals surface area contributed by atoms with Crippen molar-refractivity contribution in [2.24, 2.45) is 0 Å². The summed E-state index contributed by atoms with van der Waals surface area (Å²) in [5.41, 5.74) is 4.00. The lowest BCUT2D eigenvalue weighted by Crippen LogP contribution is -2.40. The maximum Gasteiger partial charge on any atom is 0.268 e. The molecule has 0 N–H and O–H groups in total. The first-order chi connectivity index (χ1) is 14.5. The van der Waals surface area contributed by atoms with Crippen LogP contribution in [0.15, 0.2) is 47.0 Å². The number of nitrogens with zero attached hydrogens (tertiary/aromatic N) is 6. The van der Waals surface area contributed by atoms with Gasteiger partial charge in [-0.1, -0.05) is 24.3 Å². The highest BCUT2D eigenvalue weighted by Gasteiger charge is 2.21. The van der Waals surface area contributed by atoms with Crippen LogP contribution >= 0.6 is 0 Å². The van der Waals surface area contributed by atoms with Crippen molar-refractivity contribution in [3.05, 3.63) is 54.0 Å². The fourth-order valence-corrected chi connectivity index (χ4v) is 3.32. The molecule has 3 aromatic rings. The van der Waals surface area contributed by atoms with Crippen LogP contribution in [0.2, 0.25) is 0 Å². The SMILES string of the molecule is Cc1ncc(C2=CCN(C(=O)CN(C)C)CC2)nc1-c1nnc(-c2ccccc2)o1. The van der Waals surface area contributed by atoms with E-state index in [0.29, 0.717) is 37.1 Å².